The fraction of sp³-hybridized carbons (Fsp3) is 0.435. The predicted octanol–water partition coefficient (Wildman–Crippen LogP) is 4.16. The van der Waals surface area contributed by atoms with Crippen molar-refractivity contribution in [1.29, 1.82) is 0 Å². The molecular weight excluding hydrogens is 494 g/mol. The molecule has 0 amide bonds. The largest absolute Gasteiger partial charge is 0.493 e. The highest BCUT2D eigenvalue weighted by molar-refractivity contribution is 14.0. The van der Waals surface area contributed by atoms with Gasteiger partial charge in [-0.2, -0.15) is 0 Å². The number of para-hydroxylation sites is 1. The molecule has 2 aromatic rings. The van der Waals surface area contributed by atoms with E-state index in [4.69, 9.17) is 4.74 Å². The third-order valence-corrected chi connectivity index (χ3v) is 4.87. The van der Waals surface area contributed by atoms with Gasteiger partial charge in [0, 0.05) is 37.8 Å². The van der Waals surface area contributed by atoms with Gasteiger partial charge >= 0.3 is 0 Å². The first kappa shape index (κ1) is 24.4. The number of benzene rings is 2. The van der Waals surface area contributed by atoms with Crippen molar-refractivity contribution in [2.24, 2.45) is 10.9 Å². The van der Waals surface area contributed by atoms with Crippen LogP contribution in [-0.4, -0.2) is 38.6 Å². The van der Waals surface area contributed by atoms with Crippen molar-refractivity contribution in [3.05, 3.63) is 65.0 Å². The Morgan fingerprint density at radius 2 is 1.83 bits per heavy atom. The number of ether oxygens (including phenoxy) is 1. The maximum absolute atomic E-state index is 14.0. The van der Waals surface area contributed by atoms with Crippen molar-refractivity contribution >= 4 is 29.9 Å². The molecule has 0 unspecified atom stereocenters. The van der Waals surface area contributed by atoms with E-state index in [0.717, 1.165) is 29.4 Å². The number of halogens is 2. The summed E-state index contributed by atoms with van der Waals surface area (Å²) in [6.45, 7) is 2.56. The van der Waals surface area contributed by atoms with Crippen molar-refractivity contribution < 1.29 is 9.13 Å². The topological polar surface area (TPSA) is 48.9 Å². The normalized spacial score (nSPS) is 13.7. The van der Waals surface area contributed by atoms with Crippen LogP contribution < -0.4 is 15.4 Å². The van der Waals surface area contributed by atoms with E-state index < -0.39 is 0 Å². The average molecular weight is 526 g/mol. The van der Waals surface area contributed by atoms with E-state index >= 15 is 0 Å². The van der Waals surface area contributed by atoms with Crippen molar-refractivity contribution in [2.45, 2.75) is 32.5 Å². The molecule has 0 aromatic heterocycles. The van der Waals surface area contributed by atoms with Gasteiger partial charge in [0.25, 0.3) is 0 Å². The number of aliphatic imine (C=N–C) groups is 1. The molecule has 0 bridgehead atoms. The van der Waals surface area contributed by atoms with E-state index in [1.54, 1.807) is 13.1 Å². The van der Waals surface area contributed by atoms with Crippen LogP contribution in [0.5, 0.6) is 5.75 Å². The van der Waals surface area contributed by atoms with E-state index in [1.165, 1.54) is 18.9 Å². The lowest BCUT2D eigenvalue weighted by atomic mass is 10.1. The SMILES string of the molecule is CN=C(NCc1ccc(F)c(CN(C)C)c1)NCc1ccccc1OCC1CC1.I. The highest BCUT2D eigenvalue weighted by atomic mass is 127. The molecule has 1 aliphatic rings. The van der Waals surface area contributed by atoms with Gasteiger partial charge in [-0.3, -0.25) is 4.99 Å². The van der Waals surface area contributed by atoms with Crippen LogP contribution >= 0.6 is 24.0 Å². The summed E-state index contributed by atoms with van der Waals surface area (Å²) in [6, 6.07) is 13.3. The van der Waals surface area contributed by atoms with Crippen LogP contribution in [0.15, 0.2) is 47.5 Å². The van der Waals surface area contributed by atoms with Gasteiger partial charge in [-0.05, 0) is 56.6 Å². The fourth-order valence-electron chi connectivity index (χ4n) is 3.07. The number of hydrogen-bond donors (Lipinski definition) is 2. The molecule has 2 aromatic carbocycles. The summed E-state index contributed by atoms with van der Waals surface area (Å²) in [4.78, 5) is 6.25. The number of guanidine groups is 1. The second-order valence-corrected chi connectivity index (χ2v) is 7.80. The molecule has 2 N–H and O–H groups in total. The summed E-state index contributed by atoms with van der Waals surface area (Å²) in [7, 11) is 5.61. The minimum atomic E-state index is -0.173. The highest BCUT2D eigenvalue weighted by Crippen LogP contribution is 2.30. The Kier molecular flexibility index (Phi) is 9.84. The third-order valence-electron chi connectivity index (χ3n) is 4.87. The number of nitrogens with zero attached hydrogens (tertiary/aromatic N) is 2. The van der Waals surface area contributed by atoms with E-state index in [0.29, 0.717) is 31.2 Å². The van der Waals surface area contributed by atoms with Gasteiger partial charge in [0.15, 0.2) is 5.96 Å². The average Bonchev–Trinajstić information content (AvgIpc) is 3.53. The maximum Gasteiger partial charge on any atom is 0.191 e. The Hall–Kier alpha value is -1.87. The van der Waals surface area contributed by atoms with Gasteiger partial charge in [0.2, 0.25) is 0 Å². The molecule has 30 heavy (non-hydrogen) atoms. The molecule has 3 rings (SSSR count). The van der Waals surface area contributed by atoms with Crippen LogP contribution in [0.3, 0.4) is 0 Å². The van der Waals surface area contributed by atoms with E-state index in [2.05, 4.69) is 21.7 Å². The van der Waals surface area contributed by atoms with Gasteiger partial charge in [-0.15, -0.1) is 24.0 Å². The Balaban J connectivity index is 0.00000320. The summed E-state index contributed by atoms with van der Waals surface area (Å²) in [5.74, 6) is 2.17. The summed E-state index contributed by atoms with van der Waals surface area (Å²) in [5, 5.41) is 6.63. The monoisotopic (exact) mass is 526 g/mol. The summed E-state index contributed by atoms with van der Waals surface area (Å²) in [6.07, 6.45) is 2.55. The summed E-state index contributed by atoms with van der Waals surface area (Å²) in [5.41, 5.74) is 2.81. The number of rotatable bonds is 9. The van der Waals surface area contributed by atoms with Crippen molar-refractivity contribution in [1.82, 2.24) is 15.5 Å². The Labute approximate surface area is 196 Å². The minimum Gasteiger partial charge on any atom is -0.493 e. The van der Waals surface area contributed by atoms with Crippen LogP contribution in [0.4, 0.5) is 4.39 Å². The fourth-order valence-corrected chi connectivity index (χ4v) is 3.07. The van der Waals surface area contributed by atoms with Gasteiger partial charge in [0.1, 0.15) is 11.6 Å². The Morgan fingerprint density at radius 1 is 1.10 bits per heavy atom. The first-order valence-electron chi connectivity index (χ1n) is 10.1. The second kappa shape index (κ2) is 12.1. The zero-order chi connectivity index (χ0) is 20.6. The molecule has 0 radical (unpaired) electrons. The maximum atomic E-state index is 14.0. The molecule has 1 saturated carbocycles. The van der Waals surface area contributed by atoms with Crippen molar-refractivity contribution in [3.63, 3.8) is 0 Å². The van der Waals surface area contributed by atoms with Crippen LogP contribution in [0.25, 0.3) is 0 Å². The van der Waals surface area contributed by atoms with Crippen LogP contribution in [-0.2, 0) is 19.6 Å². The summed E-state index contributed by atoms with van der Waals surface area (Å²) >= 11 is 0. The lowest BCUT2D eigenvalue weighted by Crippen LogP contribution is -2.36. The lowest BCUT2D eigenvalue weighted by Gasteiger charge is -2.16. The Morgan fingerprint density at radius 3 is 2.53 bits per heavy atom. The van der Waals surface area contributed by atoms with Crippen molar-refractivity contribution in [2.75, 3.05) is 27.7 Å². The van der Waals surface area contributed by atoms with Gasteiger partial charge < -0.3 is 20.3 Å². The third kappa shape index (κ3) is 7.75. The zero-order valence-corrected chi connectivity index (χ0v) is 20.3. The van der Waals surface area contributed by atoms with Crippen LogP contribution in [0.2, 0.25) is 0 Å². The van der Waals surface area contributed by atoms with E-state index in [9.17, 15) is 4.39 Å². The quantitative estimate of drug-likeness (QED) is 0.293. The zero-order valence-electron chi connectivity index (χ0n) is 18.0. The first-order valence-corrected chi connectivity index (χ1v) is 10.1. The molecule has 1 fully saturated rings. The van der Waals surface area contributed by atoms with Crippen molar-refractivity contribution in [3.8, 4) is 5.75 Å². The standard InChI is InChI=1S/C23H31FN4O.HI/c1-25-23(26-13-18-10-11-21(24)20(12-18)15-28(2)3)27-14-19-6-4-5-7-22(19)29-16-17-8-9-17;/h4-7,10-12,17H,8-9,13-16H2,1-3H3,(H2,25,26,27);1H. The number of nitrogens with one attached hydrogen (secondary N) is 2. The second-order valence-electron chi connectivity index (χ2n) is 7.80. The molecule has 7 heteroatoms. The molecule has 164 valence electrons. The van der Waals surface area contributed by atoms with Gasteiger partial charge in [0.05, 0.1) is 6.61 Å². The van der Waals surface area contributed by atoms with Crippen LogP contribution in [0, 0.1) is 11.7 Å². The molecule has 0 heterocycles. The van der Waals surface area contributed by atoms with E-state index in [1.807, 2.05) is 43.3 Å². The molecule has 1 aliphatic carbocycles. The highest BCUT2D eigenvalue weighted by Gasteiger charge is 2.22. The lowest BCUT2D eigenvalue weighted by molar-refractivity contribution is 0.296. The van der Waals surface area contributed by atoms with Crippen LogP contribution in [0.1, 0.15) is 29.5 Å². The molecule has 5 nitrogen and oxygen atoms in total. The molecule has 0 aliphatic heterocycles. The van der Waals surface area contributed by atoms with E-state index in [-0.39, 0.29) is 29.8 Å². The molecule has 0 spiro atoms. The molecule has 0 saturated heterocycles. The van der Waals surface area contributed by atoms with Gasteiger partial charge in [-0.25, -0.2) is 4.39 Å². The predicted molar refractivity (Wildman–Crippen MR) is 131 cm³/mol. The number of hydrogen-bond acceptors (Lipinski definition) is 3. The smallest absolute Gasteiger partial charge is 0.191 e. The first-order chi connectivity index (χ1) is 14.0. The van der Waals surface area contributed by atoms with Gasteiger partial charge in [-0.1, -0.05) is 24.3 Å². The Bertz CT molecular complexity index is 840. The summed E-state index contributed by atoms with van der Waals surface area (Å²) < 4.78 is 19.9. The molecule has 0 atom stereocenters. The molecular formula is C23H32FIN4O. The minimum absolute atomic E-state index is 0.